The van der Waals surface area contributed by atoms with E-state index in [0.29, 0.717) is 0 Å². The van der Waals surface area contributed by atoms with E-state index in [1.54, 1.807) is 11.8 Å². The summed E-state index contributed by atoms with van der Waals surface area (Å²) in [6.07, 6.45) is 1.95. The molecule has 0 aromatic carbocycles. The van der Waals surface area contributed by atoms with Gasteiger partial charge in [0.05, 0.1) is 5.75 Å². The zero-order chi connectivity index (χ0) is 12.2. The van der Waals surface area contributed by atoms with Crippen LogP contribution < -0.4 is 0 Å². The molecule has 0 atom stereocenters. The van der Waals surface area contributed by atoms with Gasteiger partial charge in [-0.05, 0) is 27.0 Å². The third kappa shape index (κ3) is 5.18. The fourth-order valence-corrected chi connectivity index (χ4v) is 3.04. The molecule has 0 N–H and O–H groups in total. The normalized spacial score (nSPS) is 11.5. The molecule has 0 fully saturated rings. The summed E-state index contributed by atoms with van der Waals surface area (Å²) in [5, 5.41) is 7.90. The fraction of sp³-hybridized carbons (Fsp3) is 0.667. The van der Waals surface area contributed by atoms with E-state index in [1.807, 2.05) is 27.0 Å². The lowest BCUT2D eigenvalue weighted by Crippen LogP contribution is -2.24. The van der Waals surface area contributed by atoms with Crippen LogP contribution in [0.1, 0.15) is 20.8 Å². The molecule has 0 saturated carbocycles. The maximum absolute atomic E-state index is 11.4. The zero-order valence-electron chi connectivity index (χ0n) is 9.64. The molecule has 0 bridgehead atoms. The molecule has 0 aliphatic heterocycles. The Kier molecular flexibility index (Phi) is 5.07. The molecule has 1 aromatic heterocycles. The highest BCUT2D eigenvalue weighted by molar-refractivity contribution is 8.03. The van der Waals surface area contributed by atoms with Crippen molar-refractivity contribution >= 4 is 40.8 Å². The Morgan fingerprint density at radius 2 is 2.00 bits per heavy atom. The van der Waals surface area contributed by atoms with E-state index in [2.05, 4.69) is 10.2 Å². The number of carbonyl (C=O) groups is 1. The van der Waals surface area contributed by atoms with E-state index >= 15 is 0 Å². The summed E-state index contributed by atoms with van der Waals surface area (Å²) in [4.78, 5) is 11.4. The van der Waals surface area contributed by atoms with Crippen LogP contribution in [0.3, 0.4) is 0 Å². The Morgan fingerprint density at radius 1 is 1.38 bits per heavy atom. The van der Waals surface area contributed by atoms with Gasteiger partial charge >= 0.3 is 5.97 Å². The van der Waals surface area contributed by atoms with E-state index in [0.717, 1.165) is 8.68 Å². The molecular weight excluding hydrogens is 264 g/mol. The fourth-order valence-electron chi connectivity index (χ4n) is 0.830. The van der Waals surface area contributed by atoms with Crippen LogP contribution in [0.4, 0.5) is 0 Å². The van der Waals surface area contributed by atoms with Crippen molar-refractivity contribution < 1.29 is 9.53 Å². The van der Waals surface area contributed by atoms with Gasteiger partial charge in [-0.15, -0.1) is 10.2 Å². The lowest BCUT2D eigenvalue weighted by atomic mass is 10.2. The molecule has 0 amide bonds. The Hall–Kier alpha value is -0.270. The standard InChI is InChI=1S/C9H14N2O2S3/c1-9(2,3)13-6(12)5-15-8-11-10-7(14-4)16-8/h5H2,1-4H3. The summed E-state index contributed by atoms with van der Waals surface area (Å²) < 4.78 is 6.89. The van der Waals surface area contributed by atoms with Crippen LogP contribution in [-0.2, 0) is 9.53 Å². The van der Waals surface area contributed by atoms with Gasteiger partial charge in [0.1, 0.15) is 5.60 Å². The van der Waals surface area contributed by atoms with Crippen LogP contribution in [-0.4, -0.2) is 33.8 Å². The second-order valence-electron chi connectivity index (χ2n) is 3.91. The van der Waals surface area contributed by atoms with Gasteiger partial charge < -0.3 is 4.74 Å². The second-order valence-corrected chi connectivity index (χ2v) is 7.17. The summed E-state index contributed by atoms with van der Waals surface area (Å²) >= 11 is 4.40. The summed E-state index contributed by atoms with van der Waals surface area (Å²) in [6.45, 7) is 5.56. The largest absolute Gasteiger partial charge is 0.459 e. The van der Waals surface area contributed by atoms with E-state index < -0.39 is 5.60 Å². The number of thioether (sulfide) groups is 2. The summed E-state index contributed by atoms with van der Waals surface area (Å²) in [5.74, 6) is 0.0544. The van der Waals surface area contributed by atoms with Crippen LogP contribution in [0.25, 0.3) is 0 Å². The van der Waals surface area contributed by atoms with Crippen molar-refractivity contribution in [2.45, 2.75) is 35.1 Å². The van der Waals surface area contributed by atoms with Gasteiger partial charge in [-0.3, -0.25) is 4.79 Å². The highest BCUT2D eigenvalue weighted by Gasteiger charge is 2.17. The molecule has 0 aliphatic rings. The smallest absolute Gasteiger partial charge is 0.316 e. The van der Waals surface area contributed by atoms with Crippen LogP contribution in [0.2, 0.25) is 0 Å². The number of rotatable bonds is 4. The lowest BCUT2D eigenvalue weighted by Gasteiger charge is -2.18. The van der Waals surface area contributed by atoms with E-state index in [-0.39, 0.29) is 11.7 Å². The van der Waals surface area contributed by atoms with Gasteiger partial charge in [-0.2, -0.15) is 0 Å². The van der Waals surface area contributed by atoms with Crippen molar-refractivity contribution in [1.29, 1.82) is 0 Å². The number of hydrogen-bond acceptors (Lipinski definition) is 7. The number of ether oxygens (including phenoxy) is 1. The predicted molar refractivity (Wildman–Crippen MR) is 68.3 cm³/mol. The van der Waals surface area contributed by atoms with Gasteiger partial charge in [0.2, 0.25) is 0 Å². The van der Waals surface area contributed by atoms with Gasteiger partial charge in [-0.1, -0.05) is 34.9 Å². The number of nitrogens with zero attached hydrogens (tertiary/aromatic N) is 2. The molecule has 1 rings (SSSR count). The average molecular weight is 278 g/mol. The lowest BCUT2D eigenvalue weighted by molar-refractivity contribution is -0.151. The minimum Gasteiger partial charge on any atom is -0.459 e. The molecule has 1 aromatic rings. The van der Waals surface area contributed by atoms with Gasteiger partial charge in [0.25, 0.3) is 0 Å². The monoisotopic (exact) mass is 278 g/mol. The maximum Gasteiger partial charge on any atom is 0.316 e. The molecular formula is C9H14N2O2S3. The summed E-state index contributed by atoms with van der Waals surface area (Å²) in [6, 6.07) is 0. The van der Waals surface area contributed by atoms with Crippen molar-refractivity contribution in [1.82, 2.24) is 10.2 Å². The zero-order valence-corrected chi connectivity index (χ0v) is 12.1. The van der Waals surface area contributed by atoms with Gasteiger partial charge in [0, 0.05) is 0 Å². The second kappa shape index (κ2) is 5.88. The summed E-state index contributed by atoms with van der Waals surface area (Å²) in [5.41, 5.74) is -0.427. The first kappa shape index (κ1) is 13.8. The first-order valence-electron chi connectivity index (χ1n) is 4.63. The van der Waals surface area contributed by atoms with E-state index in [4.69, 9.17) is 4.74 Å². The third-order valence-electron chi connectivity index (χ3n) is 1.30. The topological polar surface area (TPSA) is 52.1 Å². The summed E-state index contributed by atoms with van der Waals surface area (Å²) in [7, 11) is 0. The maximum atomic E-state index is 11.4. The highest BCUT2D eigenvalue weighted by Crippen LogP contribution is 2.27. The molecule has 90 valence electrons. The molecule has 0 radical (unpaired) electrons. The average Bonchev–Trinajstić information content (AvgIpc) is 2.59. The Labute approximate surface area is 108 Å². The van der Waals surface area contributed by atoms with E-state index in [9.17, 15) is 4.79 Å². The van der Waals surface area contributed by atoms with Crippen molar-refractivity contribution in [3.05, 3.63) is 0 Å². The van der Waals surface area contributed by atoms with Crippen molar-refractivity contribution in [3.63, 3.8) is 0 Å². The molecule has 1 heterocycles. The SMILES string of the molecule is CSc1nnc(SCC(=O)OC(C)(C)C)s1. The third-order valence-corrected chi connectivity index (χ3v) is 4.30. The molecule has 4 nitrogen and oxygen atoms in total. The van der Waals surface area contributed by atoms with Crippen LogP contribution >= 0.6 is 34.9 Å². The minimum atomic E-state index is -0.427. The van der Waals surface area contributed by atoms with Crippen LogP contribution in [0.15, 0.2) is 8.68 Å². The molecule has 16 heavy (non-hydrogen) atoms. The highest BCUT2D eigenvalue weighted by atomic mass is 32.2. The Bertz CT molecular complexity index is 360. The molecule has 7 heteroatoms. The van der Waals surface area contributed by atoms with Crippen molar-refractivity contribution in [2.24, 2.45) is 0 Å². The number of carbonyl (C=O) groups excluding carboxylic acids is 1. The number of aromatic nitrogens is 2. The number of hydrogen-bond donors (Lipinski definition) is 0. The van der Waals surface area contributed by atoms with Crippen LogP contribution in [0, 0.1) is 0 Å². The minimum absolute atomic E-state index is 0.224. The molecule has 0 spiro atoms. The van der Waals surface area contributed by atoms with Gasteiger partial charge in [-0.25, -0.2) is 0 Å². The molecule has 0 unspecified atom stereocenters. The quantitative estimate of drug-likeness (QED) is 0.623. The Balaban J connectivity index is 2.37. The molecule has 0 saturated heterocycles. The predicted octanol–water partition coefficient (Wildman–Crippen LogP) is 2.69. The Morgan fingerprint density at radius 3 is 2.50 bits per heavy atom. The van der Waals surface area contributed by atoms with Crippen LogP contribution in [0.5, 0.6) is 0 Å². The molecule has 0 aliphatic carbocycles. The van der Waals surface area contributed by atoms with Crippen molar-refractivity contribution in [3.8, 4) is 0 Å². The number of esters is 1. The van der Waals surface area contributed by atoms with Crippen molar-refractivity contribution in [2.75, 3.05) is 12.0 Å². The van der Waals surface area contributed by atoms with E-state index in [1.165, 1.54) is 23.1 Å². The first-order chi connectivity index (χ1) is 7.40. The first-order valence-corrected chi connectivity index (χ1v) is 7.65. The van der Waals surface area contributed by atoms with Gasteiger partial charge in [0.15, 0.2) is 8.68 Å².